The van der Waals surface area contributed by atoms with E-state index in [0.717, 1.165) is 20.9 Å². The zero-order valence-corrected chi connectivity index (χ0v) is 14.1. The minimum atomic E-state index is -3.61. The van der Waals surface area contributed by atoms with Gasteiger partial charge in [0.15, 0.2) is 0 Å². The molecule has 0 aliphatic rings. The molecule has 0 amide bonds. The molecule has 0 spiro atoms. The molecule has 0 N–H and O–H groups in total. The van der Waals surface area contributed by atoms with Gasteiger partial charge in [-0.3, -0.25) is 4.98 Å². The van der Waals surface area contributed by atoms with Gasteiger partial charge in [-0.05, 0) is 23.7 Å². The van der Waals surface area contributed by atoms with Gasteiger partial charge in [0.05, 0.1) is 11.4 Å². The Morgan fingerprint density at radius 3 is 2.88 bits per heavy atom. The smallest absolute Gasteiger partial charge is 0.254 e. The molecule has 0 fully saturated rings. The van der Waals surface area contributed by atoms with Crippen LogP contribution in [-0.2, 0) is 11.8 Å². The average Bonchev–Trinajstić information content (AvgIpc) is 3.22. The van der Waals surface area contributed by atoms with E-state index in [2.05, 4.69) is 25.3 Å². The number of nitrogens with zero attached hydrogens (tertiary/aromatic N) is 6. The van der Waals surface area contributed by atoms with Crippen LogP contribution in [0.1, 0.15) is 16.5 Å². The van der Waals surface area contributed by atoms with Gasteiger partial charge in [-0.25, -0.2) is 4.98 Å². The molecule has 0 saturated carbocycles. The molecule has 4 heterocycles. The third-order valence-corrected chi connectivity index (χ3v) is 5.04. The number of hydrogen-bond acceptors (Lipinski definition) is 7. The monoisotopic (exact) mass is 384 g/mol. The standard InChI is InChI=1S/C13H7ClF2N6S2/c14-13(15,16)11-19-20-12-22(11)21-9(24-12)5-7-6-23-10(18-7)8-3-1-2-4-17-8/h1-4,6H,5H2. The maximum Gasteiger partial charge on any atom is 0.383 e. The number of hydrogen-bond donors (Lipinski definition) is 0. The van der Waals surface area contributed by atoms with Crippen molar-refractivity contribution in [1.29, 1.82) is 0 Å². The molecular formula is C13H7ClF2N6S2. The van der Waals surface area contributed by atoms with Gasteiger partial charge in [-0.15, -0.1) is 21.5 Å². The van der Waals surface area contributed by atoms with Crippen molar-refractivity contribution in [2.24, 2.45) is 0 Å². The fourth-order valence-electron chi connectivity index (χ4n) is 2.05. The molecule has 4 aromatic rings. The maximum absolute atomic E-state index is 13.2. The quantitative estimate of drug-likeness (QED) is 0.503. The van der Waals surface area contributed by atoms with E-state index in [1.54, 1.807) is 6.20 Å². The Kier molecular flexibility index (Phi) is 3.74. The lowest BCUT2D eigenvalue weighted by atomic mass is 10.3. The van der Waals surface area contributed by atoms with E-state index in [4.69, 9.17) is 11.6 Å². The van der Waals surface area contributed by atoms with Crippen LogP contribution in [0.15, 0.2) is 29.8 Å². The van der Waals surface area contributed by atoms with Crippen molar-refractivity contribution in [3.8, 4) is 10.7 Å². The summed E-state index contributed by atoms with van der Waals surface area (Å²) in [6, 6.07) is 5.60. The minimum Gasteiger partial charge on any atom is -0.254 e. The predicted molar refractivity (Wildman–Crippen MR) is 86.6 cm³/mol. The van der Waals surface area contributed by atoms with Gasteiger partial charge in [-0.2, -0.15) is 18.4 Å². The summed E-state index contributed by atoms with van der Waals surface area (Å²) in [7, 11) is 0. The number of aromatic nitrogens is 6. The molecule has 0 aliphatic carbocycles. The van der Waals surface area contributed by atoms with Gasteiger partial charge < -0.3 is 0 Å². The van der Waals surface area contributed by atoms with Crippen molar-refractivity contribution in [2.75, 3.05) is 0 Å². The van der Waals surface area contributed by atoms with Crippen molar-refractivity contribution in [2.45, 2.75) is 11.8 Å². The lowest BCUT2D eigenvalue weighted by molar-refractivity contribution is 0.0820. The second-order valence-electron chi connectivity index (χ2n) is 4.75. The third kappa shape index (κ3) is 2.87. The molecule has 24 heavy (non-hydrogen) atoms. The van der Waals surface area contributed by atoms with Gasteiger partial charge in [0.25, 0.3) is 0 Å². The third-order valence-electron chi connectivity index (χ3n) is 3.05. The summed E-state index contributed by atoms with van der Waals surface area (Å²) in [5.74, 6) is -0.686. The van der Waals surface area contributed by atoms with Crippen molar-refractivity contribution < 1.29 is 8.78 Å². The summed E-state index contributed by atoms with van der Waals surface area (Å²) in [5, 5.41) is 10.8. The molecule has 0 unspecified atom stereocenters. The molecule has 0 aliphatic heterocycles. The molecule has 4 aromatic heterocycles. The lowest BCUT2D eigenvalue weighted by Crippen LogP contribution is -2.10. The summed E-state index contributed by atoms with van der Waals surface area (Å²) in [6.07, 6.45) is 2.11. The van der Waals surface area contributed by atoms with E-state index in [0.29, 0.717) is 11.4 Å². The minimum absolute atomic E-state index is 0.264. The van der Waals surface area contributed by atoms with Crippen molar-refractivity contribution >= 4 is 39.2 Å². The molecule has 0 atom stereocenters. The summed E-state index contributed by atoms with van der Waals surface area (Å²) < 4.78 is 27.4. The Hall–Kier alpha value is -2.04. The summed E-state index contributed by atoms with van der Waals surface area (Å²) in [5.41, 5.74) is 1.57. The van der Waals surface area contributed by atoms with E-state index in [9.17, 15) is 8.78 Å². The first-order chi connectivity index (χ1) is 11.5. The normalized spacial score (nSPS) is 12.1. The first-order valence-electron chi connectivity index (χ1n) is 6.65. The van der Waals surface area contributed by atoms with Crippen molar-refractivity contribution in [1.82, 2.24) is 29.8 Å². The molecule has 0 radical (unpaired) electrons. The van der Waals surface area contributed by atoms with Crippen LogP contribution in [0.4, 0.5) is 8.78 Å². The SMILES string of the molecule is FC(F)(Cl)c1nnc2sc(Cc3csc(-c4ccccn4)n3)nn12. The van der Waals surface area contributed by atoms with Gasteiger partial charge >= 0.3 is 5.38 Å². The van der Waals surface area contributed by atoms with E-state index in [1.807, 2.05) is 23.6 Å². The Morgan fingerprint density at radius 2 is 2.12 bits per heavy atom. The molecule has 6 nitrogen and oxygen atoms in total. The predicted octanol–water partition coefficient (Wildman–Crippen LogP) is 3.58. The van der Waals surface area contributed by atoms with Crippen LogP contribution in [-0.4, -0.2) is 29.8 Å². The molecule has 122 valence electrons. The highest BCUT2D eigenvalue weighted by Gasteiger charge is 2.35. The second-order valence-corrected chi connectivity index (χ2v) is 7.12. The highest BCUT2D eigenvalue weighted by atomic mass is 35.5. The molecule has 4 rings (SSSR count). The van der Waals surface area contributed by atoms with Crippen molar-refractivity contribution in [3.63, 3.8) is 0 Å². The first-order valence-corrected chi connectivity index (χ1v) is 8.72. The van der Waals surface area contributed by atoms with Gasteiger partial charge in [-0.1, -0.05) is 17.4 Å². The Labute approximate surface area is 146 Å². The first kappa shape index (κ1) is 15.5. The zero-order valence-electron chi connectivity index (χ0n) is 11.7. The van der Waals surface area contributed by atoms with Gasteiger partial charge in [0.2, 0.25) is 10.8 Å². The Bertz CT molecular complexity index is 991. The molecule has 0 bridgehead atoms. The number of alkyl halides is 3. The van der Waals surface area contributed by atoms with Gasteiger partial charge in [0, 0.05) is 18.0 Å². The summed E-state index contributed by atoms with van der Waals surface area (Å²) in [4.78, 5) is 9.02. The fourth-order valence-corrected chi connectivity index (χ4v) is 3.82. The van der Waals surface area contributed by atoms with Crippen LogP contribution >= 0.6 is 34.3 Å². The number of halogens is 3. The van der Waals surface area contributed by atoms with Gasteiger partial charge in [0.1, 0.15) is 10.0 Å². The summed E-state index contributed by atoms with van der Waals surface area (Å²) in [6.45, 7) is 0. The molecule has 11 heteroatoms. The zero-order chi connectivity index (χ0) is 16.7. The van der Waals surface area contributed by atoms with Crippen LogP contribution < -0.4 is 0 Å². The molecule has 0 aromatic carbocycles. The Morgan fingerprint density at radius 1 is 1.25 bits per heavy atom. The number of fused-ring (bicyclic) bond motifs is 1. The van der Waals surface area contributed by atoms with Crippen molar-refractivity contribution in [3.05, 3.63) is 46.3 Å². The second kappa shape index (κ2) is 5.80. The fraction of sp³-hybridized carbons (Fsp3) is 0.154. The topological polar surface area (TPSA) is 68.9 Å². The Balaban J connectivity index is 1.61. The van der Waals surface area contributed by atoms with E-state index >= 15 is 0 Å². The van der Waals surface area contributed by atoms with E-state index < -0.39 is 11.2 Å². The largest absolute Gasteiger partial charge is 0.383 e. The van der Waals surface area contributed by atoms with Crippen LogP contribution in [0.3, 0.4) is 0 Å². The molecule has 0 saturated heterocycles. The highest BCUT2D eigenvalue weighted by Crippen LogP contribution is 2.32. The van der Waals surface area contributed by atoms with Crippen LogP contribution in [0.25, 0.3) is 15.7 Å². The van der Waals surface area contributed by atoms with E-state index in [1.165, 1.54) is 22.7 Å². The lowest BCUT2D eigenvalue weighted by Gasteiger charge is -2.01. The average molecular weight is 385 g/mol. The maximum atomic E-state index is 13.2. The number of thiazole rings is 1. The number of pyridine rings is 1. The summed E-state index contributed by atoms with van der Waals surface area (Å²) >= 11 is 7.64. The molecular weight excluding hydrogens is 378 g/mol. The van der Waals surface area contributed by atoms with Crippen LogP contribution in [0, 0.1) is 0 Å². The van der Waals surface area contributed by atoms with Crippen LogP contribution in [0.2, 0.25) is 0 Å². The highest BCUT2D eigenvalue weighted by molar-refractivity contribution is 7.16. The number of rotatable bonds is 4. The van der Waals surface area contributed by atoms with E-state index in [-0.39, 0.29) is 4.96 Å². The van der Waals surface area contributed by atoms with Crippen LogP contribution in [0.5, 0.6) is 0 Å².